The lowest BCUT2D eigenvalue weighted by molar-refractivity contribution is 0.282. The molecule has 1 aromatic rings. The molecule has 0 fully saturated rings. The summed E-state index contributed by atoms with van der Waals surface area (Å²) in [6.45, 7) is 0.672. The number of hydrogen-bond acceptors (Lipinski definition) is 3. The van der Waals surface area contributed by atoms with Crippen molar-refractivity contribution in [1.82, 2.24) is 4.72 Å². The zero-order chi connectivity index (χ0) is 14.4. The number of benzene rings is 1. The maximum atomic E-state index is 12.2. The molecular weight excluding hydrogens is 274 g/mol. The predicted octanol–water partition coefficient (Wildman–Crippen LogP) is 2.01. The van der Waals surface area contributed by atoms with Gasteiger partial charge in [0.05, 0.1) is 4.90 Å². The Hall–Kier alpha value is -0.910. The van der Waals surface area contributed by atoms with Crippen LogP contribution in [0.5, 0.6) is 0 Å². The van der Waals surface area contributed by atoms with Gasteiger partial charge in [-0.2, -0.15) is 0 Å². The average Bonchev–Trinajstić information content (AvgIpc) is 2.90. The first-order chi connectivity index (χ1) is 9.63. The Kier molecular flexibility index (Phi) is 5.57. The van der Waals surface area contributed by atoms with Crippen LogP contribution in [0.1, 0.15) is 43.2 Å². The lowest BCUT2D eigenvalue weighted by Gasteiger charge is -2.08. The van der Waals surface area contributed by atoms with E-state index >= 15 is 0 Å². The Morgan fingerprint density at radius 2 is 1.80 bits per heavy atom. The van der Waals surface area contributed by atoms with E-state index < -0.39 is 10.0 Å². The quantitative estimate of drug-likeness (QED) is 0.721. The highest BCUT2D eigenvalue weighted by Gasteiger charge is 2.17. The smallest absolute Gasteiger partial charge is 0.240 e. The van der Waals surface area contributed by atoms with Crippen molar-refractivity contribution < 1.29 is 13.5 Å². The molecule has 1 aliphatic rings. The molecule has 5 heteroatoms. The molecule has 0 saturated carbocycles. The van der Waals surface area contributed by atoms with Gasteiger partial charge in [-0.3, -0.25) is 0 Å². The third-order valence-corrected chi connectivity index (χ3v) is 5.22. The second-order valence-corrected chi connectivity index (χ2v) is 7.09. The third kappa shape index (κ3) is 4.04. The van der Waals surface area contributed by atoms with E-state index in [2.05, 4.69) is 4.72 Å². The van der Waals surface area contributed by atoms with E-state index in [4.69, 9.17) is 5.11 Å². The molecule has 0 bridgehead atoms. The van der Waals surface area contributed by atoms with Gasteiger partial charge in [0, 0.05) is 13.2 Å². The zero-order valence-electron chi connectivity index (χ0n) is 11.8. The van der Waals surface area contributed by atoms with Gasteiger partial charge in [-0.15, -0.1) is 0 Å². The second kappa shape index (κ2) is 7.20. The van der Waals surface area contributed by atoms with Crippen LogP contribution in [0.2, 0.25) is 0 Å². The van der Waals surface area contributed by atoms with Crippen molar-refractivity contribution >= 4 is 10.0 Å². The largest absolute Gasteiger partial charge is 0.396 e. The Balaban J connectivity index is 1.87. The number of sulfonamides is 1. The first-order valence-corrected chi connectivity index (χ1v) is 8.84. The van der Waals surface area contributed by atoms with Gasteiger partial charge in [0.2, 0.25) is 10.0 Å². The minimum atomic E-state index is -3.37. The third-order valence-electron chi connectivity index (χ3n) is 3.76. The van der Waals surface area contributed by atoms with Crippen LogP contribution in [-0.2, 0) is 22.9 Å². The van der Waals surface area contributed by atoms with Gasteiger partial charge in [0.25, 0.3) is 0 Å². The van der Waals surface area contributed by atoms with Crippen molar-refractivity contribution in [3.63, 3.8) is 0 Å². The fraction of sp³-hybridized carbons (Fsp3) is 0.600. The Bertz CT molecular complexity index is 540. The van der Waals surface area contributed by atoms with E-state index in [0.29, 0.717) is 11.4 Å². The minimum absolute atomic E-state index is 0.209. The molecule has 1 aromatic carbocycles. The second-order valence-electron chi connectivity index (χ2n) is 5.32. The summed E-state index contributed by atoms with van der Waals surface area (Å²) in [7, 11) is -3.37. The highest BCUT2D eigenvalue weighted by molar-refractivity contribution is 7.89. The summed E-state index contributed by atoms with van der Waals surface area (Å²) in [6.07, 6.45) is 6.65. The molecule has 4 nitrogen and oxygen atoms in total. The first kappa shape index (κ1) is 15.5. The molecule has 0 heterocycles. The molecule has 0 radical (unpaired) electrons. The van der Waals surface area contributed by atoms with Crippen molar-refractivity contribution in [3.8, 4) is 0 Å². The van der Waals surface area contributed by atoms with Crippen LogP contribution in [0, 0.1) is 0 Å². The number of aryl methyl sites for hydroxylation is 2. The fourth-order valence-corrected chi connectivity index (χ4v) is 3.72. The van der Waals surface area contributed by atoms with Gasteiger partial charge >= 0.3 is 0 Å². The molecule has 0 saturated heterocycles. The summed E-state index contributed by atoms with van der Waals surface area (Å²) in [5.74, 6) is 0. The summed E-state index contributed by atoms with van der Waals surface area (Å²) in [5, 5.41) is 8.67. The highest BCUT2D eigenvalue weighted by Crippen LogP contribution is 2.24. The average molecular weight is 297 g/mol. The van der Waals surface area contributed by atoms with Crippen LogP contribution >= 0.6 is 0 Å². The SMILES string of the molecule is O=S(=O)(NCCCCCCO)c1ccc2c(c1)CCC2. The van der Waals surface area contributed by atoms with Crippen molar-refractivity contribution in [1.29, 1.82) is 0 Å². The van der Waals surface area contributed by atoms with Crippen molar-refractivity contribution in [3.05, 3.63) is 29.3 Å². The molecule has 20 heavy (non-hydrogen) atoms. The molecule has 0 spiro atoms. The summed E-state index contributed by atoms with van der Waals surface area (Å²) in [5.41, 5.74) is 2.46. The monoisotopic (exact) mass is 297 g/mol. The number of nitrogens with one attached hydrogen (secondary N) is 1. The Morgan fingerprint density at radius 3 is 2.60 bits per heavy atom. The predicted molar refractivity (Wildman–Crippen MR) is 79.2 cm³/mol. The highest BCUT2D eigenvalue weighted by atomic mass is 32.2. The van der Waals surface area contributed by atoms with Crippen LogP contribution in [0.3, 0.4) is 0 Å². The molecule has 0 aromatic heterocycles. The van der Waals surface area contributed by atoms with Crippen LogP contribution in [0.15, 0.2) is 23.1 Å². The Labute approximate surface area is 121 Å². The number of aliphatic hydroxyl groups excluding tert-OH is 1. The number of hydrogen-bond donors (Lipinski definition) is 2. The van der Waals surface area contributed by atoms with Gasteiger partial charge in [-0.1, -0.05) is 18.9 Å². The fourth-order valence-electron chi connectivity index (χ4n) is 2.60. The molecule has 112 valence electrons. The lowest BCUT2D eigenvalue weighted by Crippen LogP contribution is -2.24. The first-order valence-electron chi connectivity index (χ1n) is 7.36. The number of unbranched alkanes of at least 4 members (excludes halogenated alkanes) is 3. The van der Waals surface area contributed by atoms with Gasteiger partial charge in [0.1, 0.15) is 0 Å². The van der Waals surface area contributed by atoms with Crippen LogP contribution in [0.25, 0.3) is 0 Å². The molecule has 1 aliphatic carbocycles. The van der Waals surface area contributed by atoms with E-state index in [1.54, 1.807) is 6.07 Å². The molecule has 0 unspecified atom stereocenters. The van der Waals surface area contributed by atoms with E-state index in [-0.39, 0.29) is 6.61 Å². The Morgan fingerprint density at radius 1 is 1.05 bits per heavy atom. The normalized spacial score (nSPS) is 14.4. The molecule has 2 N–H and O–H groups in total. The molecule has 2 rings (SSSR count). The number of rotatable bonds is 8. The molecule has 0 aliphatic heterocycles. The topological polar surface area (TPSA) is 66.4 Å². The molecule has 0 amide bonds. The maximum Gasteiger partial charge on any atom is 0.240 e. The lowest BCUT2D eigenvalue weighted by atomic mass is 10.1. The summed E-state index contributed by atoms with van der Waals surface area (Å²) >= 11 is 0. The summed E-state index contributed by atoms with van der Waals surface area (Å²) < 4.78 is 27.0. The van der Waals surface area contributed by atoms with E-state index in [0.717, 1.165) is 44.9 Å². The summed E-state index contributed by atoms with van der Waals surface area (Å²) in [6, 6.07) is 5.47. The van der Waals surface area contributed by atoms with Gasteiger partial charge in [-0.05, 0) is 55.4 Å². The minimum Gasteiger partial charge on any atom is -0.396 e. The van der Waals surface area contributed by atoms with Gasteiger partial charge in [0.15, 0.2) is 0 Å². The number of fused-ring (bicyclic) bond motifs is 1. The van der Waals surface area contributed by atoms with E-state index in [1.165, 1.54) is 11.1 Å². The van der Waals surface area contributed by atoms with Crippen molar-refractivity contribution in [2.45, 2.75) is 49.8 Å². The van der Waals surface area contributed by atoms with Gasteiger partial charge < -0.3 is 5.11 Å². The van der Waals surface area contributed by atoms with Crippen LogP contribution in [-0.4, -0.2) is 26.7 Å². The van der Waals surface area contributed by atoms with E-state index in [9.17, 15) is 8.42 Å². The van der Waals surface area contributed by atoms with E-state index in [1.807, 2.05) is 12.1 Å². The van der Waals surface area contributed by atoms with Gasteiger partial charge in [-0.25, -0.2) is 13.1 Å². The molecule has 0 atom stereocenters. The standard InChI is InChI=1S/C15H23NO3S/c17-11-4-2-1-3-10-16-20(18,19)15-9-8-13-6-5-7-14(13)12-15/h8-9,12,16-17H,1-7,10-11H2. The maximum absolute atomic E-state index is 12.2. The van der Waals surface area contributed by atoms with Crippen molar-refractivity contribution in [2.24, 2.45) is 0 Å². The number of aliphatic hydroxyl groups is 1. The zero-order valence-corrected chi connectivity index (χ0v) is 12.6. The van der Waals surface area contributed by atoms with Crippen LogP contribution in [0.4, 0.5) is 0 Å². The molecular formula is C15H23NO3S. The van der Waals surface area contributed by atoms with Crippen LogP contribution < -0.4 is 4.72 Å². The summed E-state index contributed by atoms with van der Waals surface area (Å²) in [4.78, 5) is 0.383. The van der Waals surface area contributed by atoms with Crippen molar-refractivity contribution in [2.75, 3.05) is 13.2 Å².